The first-order valence-corrected chi connectivity index (χ1v) is 10.3. The second kappa shape index (κ2) is 6.68. The summed E-state index contributed by atoms with van der Waals surface area (Å²) in [4.78, 5) is 17.5. The van der Waals surface area contributed by atoms with Gasteiger partial charge in [0.1, 0.15) is 6.26 Å². The van der Waals surface area contributed by atoms with Crippen LogP contribution in [0.2, 0.25) is 0 Å². The van der Waals surface area contributed by atoms with Gasteiger partial charge in [-0.05, 0) is 50.0 Å². The molecule has 1 spiro atoms. The Morgan fingerprint density at radius 3 is 2.77 bits per heavy atom. The van der Waals surface area contributed by atoms with Crippen molar-refractivity contribution in [3.05, 3.63) is 24.2 Å². The van der Waals surface area contributed by atoms with Crippen molar-refractivity contribution in [3.63, 3.8) is 0 Å². The first-order valence-electron chi connectivity index (χ1n) is 10.3. The van der Waals surface area contributed by atoms with Gasteiger partial charge in [-0.1, -0.05) is 0 Å². The molecule has 3 heterocycles. The van der Waals surface area contributed by atoms with Gasteiger partial charge >= 0.3 is 0 Å². The van der Waals surface area contributed by atoms with Crippen LogP contribution in [0, 0.1) is 23.2 Å². The smallest absolute Gasteiger partial charge is 0.257 e. The average molecular weight is 358 g/mol. The zero-order valence-corrected chi connectivity index (χ0v) is 15.6. The van der Waals surface area contributed by atoms with Crippen LogP contribution >= 0.6 is 0 Å². The molecule has 2 saturated heterocycles. The Kier molecular flexibility index (Phi) is 4.32. The van der Waals surface area contributed by atoms with Crippen LogP contribution in [0.1, 0.15) is 42.5 Å². The molecule has 5 rings (SSSR count). The van der Waals surface area contributed by atoms with Gasteiger partial charge in [0.2, 0.25) is 0 Å². The summed E-state index contributed by atoms with van der Waals surface area (Å²) in [5.74, 6) is 2.41. The van der Waals surface area contributed by atoms with Crippen LogP contribution in [0.25, 0.3) is 0 Å². The lowest BCUT2D eigenvalue weighted by Crippen LogP contribution is -2.38. The maximum atomic E-state index is 12.8. The van der Waals surface area contributed by atoms with E-state index in [-0.39, 0.29) is 11.3 Å². The monoisotopic (exact) mass is 358 g/mol. The Morgan fingerprint density at radius 1 is 1.19 bits per heavy atom. The number of hydrogen-bond donors (Lipinski definition) is 0. The average Bonchev–Trinajstić information content (AvgIpc) is 3.49. The zero-order chi connectivity index (χ0) is 17.6. The maximum Gasteiger partial charge on any atom is 0.257 e. The third-order valence-corrected chi connectivity index (χ3v) is 6.91. The summed E-state index contributed by atoms with van der Waals surface area (Å²) in [5.41, 5.74) is 0.897. The number of likely N-dealkylation sites (tertiary alicyclic amines) is 2. The van der Waals surface area contributed by atoms with Gasteiger partial charge in [0.15, 0.2) is 0 Å². The fourth-order valence-corrected chi connectivity index (χ4v) is 4.94. The topological polar surface area (TPSA) is 45.9 Å². The molecule has 0 radical (unpaired) electrons. The van der Waals surface area contributed by atoms with E-state index in [4.69, 9.17) is 9.15 Å². The molecule has 5 heteroatoms. The van der Waals surface area contributed by atoms with Crippen molar-refractivity contribution >= 4 is 5.91 Å². The third kappa shape index (κ3) is 3.44. The first-order chi connectivity index (χ1) is 12.7. The molecule has 0 unspecified atom stereocenters. The Balaban J connectivity index is 1.26. The van der Waals surface area contributed by atoms with Crippen LogP contribution < -0.4 is 0 Å². The van der Waals surface area contributed by atoms with Crippen molar-refractivity contribution in [2.24, 2.45) is 23.2 Å². The number of furan rings is 1. The second-order valence-corrected chi connectivity index (χ2v) is 9.17. The molecule has 2 aliphatic heterocycles. The molecular weight excluding hydrogens is 328 g/mol. The van der Waals surface area contributed by atoms with E-state index in [0.717, 1.165) is 57.6 Å². The summed E-state index contributed by atoms with van der Waals surface area (Å²) in [6.07, 6.45) is 9.75. The van der Waals surface area contributed by atoms with Crippen LogP contribution in [0.15, 0.2) is 23.0 Å². The van der Waals surface area contributed by atoms with Crippen LogP contribution in [0.3, 0.4) is 0 Å². The Morgan fingerprint density at radius 2 is 2.04 bits per heavy atom. The van der Waals surface area contributed by atoms with E-state index in [1.54, 1.807) is 18.6 Å². The summed E-state index contributed by atoms with van der Waals surface area (Å²) < 4.78 is 11.2. The highest BCUT2D eigenvalue weighted by Crippen LogP contribution is 2.46. The molecule has 2 saturated carbocycles. The second-order valence-electron chi connectivity index (χ2n) is 9.17. The van der Waals surface area contributed by atoms with E-state index in [9.17, 15) is 4.79 Å². The number of rotatable bonds is 7. The van der Waals surface area contributed by atoms with E-state index in [0.29, 0.717) is 11.5 Å². The highest BCUT2D eigenvalue weighted by molar-refractivity contribution is 5.94. The van der Waals surface area contributed by atoms with Gasteiger partial charge in [-0.3, -0.25) is 4.79 Å². The van der Waals surface area contributed by atoms with Gasteiger partial charge in [0.05, 0.1) is 18.4 Å². The molecule has 4 aliphatic rings. The number of ether oxygens (including phenoxy) is 1. The predicted molar refractivity (Wildman–Crippen MR) is 97.9 cm³/mol. The van der Waals surface area contributed by atoms with Crippen molar-refractivity contribution in [2.45, 2.75) is 32.1 Å². The standard InChI is InChI=1S/C21H30N2O3/c24-20(18-5-8-25-12-18)23-7-6-21(15-23)14-22(9-16-1-2-16)10-19(21)13-26-11-17-3-4-17/h5,8,12,16-17,19H,1-4,6-7,9-11,13-15H2/t19-,21-/m0/s1. The van der Waals surface area contributed by atoms with Crippen molar-refractivity contribution in [2.75, 3.05) is 45.9 Å². The number of hydrogen-bond acceptors (Lipinski definition) is 4. The van der Waals surface area contributed by atoms with Gasteiger partial charge in [-0.15, -0.1) is 0 Å². The molecule has 2 atom stereocenters. The van der Waals surface area contributed by atoms with Gasteiger partial charge < -0.3 is 19.0 Å². The van der Waals surface area contributed by atoms with Crippen LogP contribution in [0.4, 0.5) is 0 Å². The minimum absolute atomic E-state index is 0.119. The molecule has 5 nitrogen and oxygen atoms in total. The summed E-state index contributed by atoms with van der Waals surface area (Å²) in [6.45, 7) is 7.07. The summed E-state index contributed by atoms with van der Waals surface area (Å²) >= 11 is 0. The lowest BCUT2D eigenvalue weighted by Gasteiger charge is -2.30. The van der Waals surface area contributed by atoms with E-state index in [1.165, 1.54) is 32.2 Å². The van der Waals surface area contributed by atoms with Crippen molar-refractivity contribution in [1.29, 1.82) is 0 Å². The van der Waals surface area contributed by atoms with E-state index >= 15 is 0 Å². The van der Waals surface area contributed by atoms with Crippen molar-refractivity contribution in [3.8, 4) is 0 Å². The number of nitrogens with zero attached hydrogens (tertiary/aromatic N) is 2. The van der Waals surface area contributed by atoms with Crippen LogP contribution in [-0.2, 0) is 4.74 Å². The minimum atomic E-state index is 0.119. The molecule has 0 aromatic carbocycles. The van der Waals surface area contributed by atoms with Gasteiger partial charge in [0.25, 0.3) is 5.91 Å². The highest BCUT2D eigenvalue weighted by atomic mass is 16.5. The molecule has 1 amide bonds. The van der Waals surface area contributed by atoms with E-state index in [1.807, 2.05) is 4.90 Å². The summed E-state index contributed by atoms with van der Waals surface area (Å²) in [7, 11) is 0. The summed E-state index contributed by atoms with van der Waals surface area (Å²) in [6, 6.07) is 1.78. The molecule has 0 bridgehead atoms. The number of carbonyl (C=O) groups is 1. The van der Waals surface area contributed by atoms with E-state index < -0.39 is 0 Å². The maximum absolute atomic E-state index is 12.8. The SMILES string of the molecule is O=C(c1ccoc1)N1CC[C@]2(CN(CC3CC3)C[C@H]2COCC2CC2)C1. The number of carbonyl (C=O) groups excluding carboxylic acids is 1. The quantitative estimate of drug-likeness (QED) is 0.752. The fourth-order valence-electron chi connectivity index (χ4n) is 4.94. The lowest BCUT2D eigenvalue weighted by molar-refractivity contribution is 0.0529. The zero-order valence-electron chi connectivity index (χ0n) is 15.6. The van der Waals surface area contributed by atoms with Crippen LogP contribution in [0.5, 0.6) is 0 Å². The van der Waals surface area contributed by atoms with Gasteiger partial charge in [0, 0.05) is 50.7 Å². The fraction of sp³-hybridized carbons (Fsp3) is 0.762. The molecule has 26 heavy (non-hydrogen) atoms. The minimum Gasteiger partial charge on any atom is -0.472 e. The largest absolute Gasteiger partial charge is 0.472 e. The number of amides is 1. The molecule has 142 valence electrons. The summed E-state index contributed by atoms with van der Waals surface area (Å²) in [5, 5.41) is 0. The predicted octanol–water partition coefficient (Wildman–Crippen LogP) is 2.88. The molecule has 2 aliphatic carbocycles. The highest BCUT2D eigenvalue weighted by Gasteiger charge is 2.51. The van der Waals surface area contributed by atoms with Crippen molar-refractivity contribution in [1.82, 2.24) is 9.80 Å². The normalized spacial score (nSPS) is 32.0. The Bertz CT molecular complexity index is 638. The molecule has 4 fully saturated rings. The van der Waals surface area contributed by atoms with E-state index in [2.05, 4.69) is 4.90 Å². The first kappa shape index (κ1) is 16.8. The molecule has 1 aromatic heterocycles. The van der Waals surface area contributed by atoms with Gasteiger partial charge in [-0.2, -0.15) is 0 Å². The third-order valence-electron chi connectivity index (χ3n) is 6.91. The van der Waals surface area contributed by atoms with Gasteiger partial charge in [-0.25, -0.2) is 0 Å². The Hall–Kier alpha value is -1.33. The molecule has 1 aromatic rings. The van der Waals surface area contributed by atoms with Crippen molar-refractivity contribution < 1.29 is 13.9 Å². The lowest BCUT2D eigenvalue weighted by atomic mass is 9.77. The molecular formula is C21H30N2O3. The molecule has 0 N–H and O–H groups in total. The van der Waals surface area contributed by atoms with Crippen LogP contribution in [-0.4, -0.2) is 61.6 Å². The Labute approximate surface area is 155 Å².